The molecule has 0 fully saturated rings. The van der Waals surface area contributed by atoms with Crippen LogP contribution in [0.15, 0.2) is 48.6 Å². The first-order valence-corrected chi connectivity index (χ1v) is 20.5. The number of nitrogens with one attached hydrogen (secondary N) is 2. The van der Waals surface area contributed by atoms with Crippen LogP contribution in [0.1, 0.15) is 45.4 Å². The predicted octanol–water partition coefficient (Wildman–Crippen LogP) is -3.67. The van der Waals surface area contributed by atoms with Crippen LogP contribution in [0.25, 0.3) is 0 Å². The predicted molar refractivity (Wildman–Crippen MR) is 218 cm³/mol. The molecule has 4 aliphatic heterocycles. The van der Waals surface area contributed by atoms with E-state index < -0.39 is 76.8 Å². The summed E-state index contributed by atoms with van der Waals surface area (Å²) in [6.07, 6.45) is 7.26. The zero-order valence-corrected chi connectivity index (χ0v) is 35.2. The Morgan fingerprint density at radius 2 is 0.609 bits per heavy atom. The molecule has 4 aliphatic rings. The molecular weight excluding hydrogens is 842 g/mol. The molecule has 0 atom stereocenters. The monoisotopic (exact) mass is 891 g/mol. The molecule has 0 spiro atoms. The molecule has 4 rings (SSSR count). The molecule has 0 radical (unpaired) electrons. The number of carbonyl (C=O) groups excluding carboxylic acids is 14. The number of imide groups is 4. The highest BCUT2D eigenvalue weighted by molar-refractivity contribution is 6.14. The van der Waals surface area contributed by atoms with Crippen LogP contribution in [-0.4, -0.2) is 195 Å². The second-order valence-corrected chi connectivity index (χ2v) is 14.7. The summed E-state index contributed by atoms with van der Waals surface area (Å²) in [7, 11) is 0. The van der Waals surface area contributed by atoms with Crippen molar-refractivity contribution in [3.63, 3.8) is 0 Å². The van der Waals surface area contributed by atoms with Crippen molar-refractivity contribution in [2.75, 3.05) is 78.5 Å². The van der Waals surface area contributed by atoms with Crippen molar-refractivity contribution in [1.82, 2.24) is 44.9 Å². The number of amides is 13. The van der Waals surface area contributed by atoms with E-state index in [1.54, 1.807) is 0 Å². The zero-order chi connectivity index (χ0) is 46.9. The summed E-state index contributed by atoms with van der Waals surface area (Å²) in [5, 5.41) is 5.23. The lowest BCUT2D eigenvalue weighted by molar-refractivity contribution is -0.141. The Labute approximate surface area is 366 Å². The molecule has 13 amide bonds. The molecule has 23 nitrogen and oxygen atoms in total. The van der Waals surface area contributed by atoms with Crippen molar-refractivity contribution in [3.8, 4) is 0 Å². The highest BCUT2D eigenvalue weighted by atomic mass is 16.2. The average Bonchev–Trinajstić information content (AvgIpc) is 3.97. The van der Waals surface area contributed by atoms with Gasteiger partial charge in [0, 0.05) is 166 Å². The number of rotatable bonds is 27. The van der Waals surface area contributed by atoms with E-state index in [0.29, 0.717) is 0 Å². The van der Waals surface area contributed by atoms with E-state index in [2.05, 4.69) is 10.6 Å². The molecule has 2 N–H and O–H groups in total. The molecule has 64 heavy (non-hydrogen) atoms. The second-order valence-electron chi connectivity index (χ2n) is 14.7. The normalized spacial score (nSPS) is 15.4. The van der Waals surface area contributed by atoms with Gasteiger partial charge in [0.1, 0.15) is 5.78 Å². The van der Waals surface area contributed by atoms with E-state index in [4.69, 9.17) is 0 Å². The quantitative estimate of drug-likeness (QED) is 0.0753. The van der Waals surface area contributed by atoms with Gasteiger partial charge in [-0.3, -0.25) is 81.9 Å². The van der Waals surface area contributed by atoms with Crippen molar-refractivity contribution in [3.05, 3.63) is 48.6 Å². The van der Waals surface area contributed by atoms with Gasteiger partial charge in [-0.15, -0.1) is 0 Å². The summed E-state index contributed by atoms with van der Waals surface area (Å²) in [6, 6.07) is 0. The van der Waals surface area contributed by atoms with Gasteiger partial charge in [-0.05, 0) is 6.92 Å². The minimum Gasteiger partial charge on any atom is -0.354 e. The van der Waals surface area contributed by atoms with Gasteiger partial charge in [-0.1, -0.05) is 0 Å². The number of hydrogen-bond donors (Lipinski definition) is 2. The summed E-state index contributed by atoms with van der Waals surface area (Å²) in [5.74, 6) is -7.44. The van der Waals surface area contributed by atoms with Gasteiger partial charge in [0.05, 0.1) is 0 Å². The van der Waals surface area contributed by atoms with Crippen molar-refractivity contribution in [2.24, 2.45) is 0 Å². The van der Waals surface area contributed by atoms with E-state index in [-0.39, 0.29) is 123 Å². The average molecular weight is 892 g/mol. The first kappa shape index (κ1) is 49.2. The van der Waals surface area contributed by atoms with Gasteiger partial charge in [-0.25, -0.2) is 0 Å². The van der Waals surface area contributed by atoms with E-state index in [1.165, 1.54) is 21.6 Å². The fourth-order valence-corrected chi connectivity index (χ4v) is 6.61. The van der Waals surface area contributed by atoms with E-state index >= 15 is 0 Å². The summed E-state index contributed by atoms with van der Waals surface area (Å²) < 4.78 is 0. The molecule has 0 aromatic rings. The number of nitrogens with zero attached hydrogens (tertiary/aromatic N) is 7. The fourth-order valence-electron chi connectivity index (χ4n) is 6.61. The Hall–Kier alpha value is -7.46. The maximum atomic E-state index is 13.2. The molecular formula is C41H49N9O14. The molecule has 0 aromatic heterocycles. The van der Waals surface area contributed by atoms with Gasteiger partial charge in [0.25, 0.3) is 47.3 Å². The van der Waals surface area contributed by atoms with E-state index in [0.717, 1.165) is 68.2 Å². The maximum Gasteiger partial charge on any atom is 0.253 e. The molecule has 4 heterocycles. The maximum absolute atomic E-state index is 13.2. The standard InChI is InChI=1S/C41H49N9O14/c1-28(51)2-5-31(54)44(18-16-42-29(52)3-6-32(55)45(20-24-47-34(57)8-9-35(47)58)21-25-48-36(59)10-11-37(48)60)19-17-43-30(53)4-7-33(56)46(22-26-49-38(61)12-13-39(49)62)23-27-50-40(63)14-15-41(50)64/h8-15H,2-7,16-27H2,1H3,(H,42,52)(H,43,53). The lowest BCUT2D eigenvalue weighted by atomic mass is 10.2. The van der Waals surface area contributed by atoms with Crippen LogP contribution < -0.4 is 10.6 Å². The van der Waals surface area contributed by atoms with Gasteiger partial charge in [-0.2, -0.15) is 0 Å². The van der Waals surface area contributed by atoms with Crippen molar-refractivity contribution >= 4 is 82.6 Å². The highest BCUT2D eigenvalue weighted by Gasteiger charge is 2.30. The minimum absolute atomic E-state index is 0.0428. The van der Waals surface area contributed by atoms with Gasteiger partial charge < -0.3 is 30.1 Å². The van der Waals surface area contributed by atoms with E-state index in [9.17, 15) is 67.1 Å². The number of ketones is 1. The minimum atomic E-state index is -0.566. The molecule has 0 aromatic carbocycles. The molecule has 342 valence electrons. The Kier molecular flexibility index (Phi) is 18.2. The summed E-state index contributed by atoms with van der Waals surface area (Å²) in [6.45, 7) is -0.0729. The number of hydrogen-bond acceptors (Lipinski definition) is 14. The molecule has 0 saturated carbocycles. The SMILES string of the molecule is CC(=O)CCC(=O)N(CCNC(=O)CCC(=O)N(CCN1C(=O)C=CC1=O)CCN1C(=O)C=CC1=O)CCNC(=O)CCC(=O)N(CCN1C(=O)C=CC1=O)CCN1C(=O)C=CC1=O. The van der Waals surface area contributed by atoms with Gasteiger partial charge >= 0.3 is 0 Å². The third-order valence-corrected chi connectivity index (χ3v) is 10.3. The number of Topliss-reactive ketones (excluding diaryl/α,β-unsaturated/α-hetero) is 1. The lowest BCUT2D eigenvalue weighted by Crippen LogP contribution is -2.45. The third-order valence-electron chi connectivity index (χ3n) is 10.3. The third kappa shape index (κ3) is 14.6. The fraction of sp³-hybridized carbons (Fsp3) is 0.463. The first-order valence-electron chi connectivity index (χ1n) is 20.5. The van der Waals surface area contributed by atoms with Crippen molar-refractivity contribution in [1.29, 1.82) is 0 Å². The summed E-state index contributed by atoms with van der Waals surface area (Å²) in [5.41, 5.74) is 0. The van der Waals surface area contributed by atoms with Crippen LogP contribution >= 0.6 is 0 Å². The van der Waals surface area contributed by atoms with Crippen LogP contribution in [0.5, 0.6) is 0 Å². The Bertz CT molecular complexity index is 1800. The van der Waals surface area contributed by atoms with Crippen LogP contribution in [0.2, 0.25) is 0 Å². The number of carbonyl (C=O) groups is 14. The van der Waals surface area contributed by atoms with Crippen LogP contribution in [0, 0.1) is 0 Å². The molecule has 0 saturated heterocycles. The van der Waals surface area contributed by atoms with Crippen molar-refractivity contribution < 1.29 is 67.1 Å². The molecule has 0 aliphatic carbocycles. The molecule has 23 heteroatoms. The van der Waals surface area contributed by atoms with Gasteiger partial charge in [0.15, 0.2) is 0 Å². The summed E-state index contributed by atoms with van der Waals surface area (Å²) in [4.78, 5) is 180. The second kappa shape index (κ2) is 23.7. The first-order chi connectivity index (χ1) is 30.4. The molecule has 0 bridgehead atoms. The zero-order valence-electron chi connectivity index (χ0n) is 35.2. The topological polar surface area (TPSA) is 286 Å². The smallest absolute Gasteiger partial charge is 0.253 e. The lowest BCUT2D eigenvalue weighted by Gasteiger charge is -2.27. The van der Waals surface area contributed by atoms with Gasteiger partial charge in [0.2, 0.25) is 29.5 Å². The van der Waals surface area contributed by atoms with E-state index in [1.807, 2.05) is 0 Å². The Morgan fingerprint density at radius 3 is 0.859 bits per heavy atom. The van der Waals surface area contributed by atoms with Crippen molar-refractivity contribution in [2.45, 2.75) is 45.4 Å². The largest absolute Gasteiger partial charge is 0.354 e. The Balaban J connectivity index is 1.24. The van der Waals surface area contributed by atoms with Crippen LogP contribution in [0.4, 0.5) is 0 Å². The van der Waals surface area contributed by atoms with Crippen LogP contribution in [-0.2, 0) is 67.1 Å². The summed E-state index contributed by atoms with van der Waals surface area (Å²) >= 11 is 0. The Morgan fingerprint density at radius 1 is 0.375 bits per heavy atom. The molecule has 0 unspecified atom stereocenters. The highest BCUT2D eigenvalue weighted by Crippen LogP contribution is 2.10. The van der Waals surface area contributed by atoms with Crippen LogP contribution in [0.3, 0.4) is 0 Å².